The van der Waals surface area contributed by atoms with Crippen LogP contribution in [0.15, 0.2) is 36.4 Å². The first-order valence-electron chi connectivity index (χ1n) is 5.62. The lowest BCUT2D eigenvalue weighted by Gasteiger charge is -2.06. The van der Waals surface area contributed by atoms with Crippen LogP contribution in [0.4, 0.5) is 4.39 Å². The van der Waals surface area contributed by atoms with E-state index >= 15 is 0 Å². The van der Waals surface area contributed by atoms with Crippen LogP contribution in [0.2, 0.25) is 0 Å². The lowest BCUT2D eigenvalue weighted by atomic mass is 10.0. The number of hydrogen-bond donors (Lipinski definition) is 0. The van der Waals surface area contributed by atoms with Gasteiger partial charge in [-0.2, -0.15) is 0 Å². The van der Waals surface area contributed by atoms with E-state index in [2.05, 4.69) is 4.98 Å². The van der Waals surface area contributed by atoms with Gasteiger partial charge < -0.3 is 0 Å². The molecule has 3 aromatic rings. The minimum Gasteiger partial charge on any atom is -0.253 e. The maximum atomic E-state index is 14.0. The van der Waals surface area contributed by atoms with Crippen molar-refractivity contribution < 1.29 is 4.39 Å². The van der Waals surface area contributed by atoms with E-state index in [1.807, 2.05) is 43.3 Å². The maximum Gasteiger partial charge on any atom is 0.133 e. The van der Waals surface area contributed by atoms with Gasteiger partial charge >= 0.3 is 0 Å². The first kappa shape index (κ1) is 10.2. The number of fused-ring (bicyclic) bond motifs is 3. The molecule has 0 atom stereocenters. The summed E-state index contributed by atoms with van der Waals surface area (Å²) in [6.07, 6.45) is 0. The molecule has 1 aromatic heterocycles. The van der Waals surface area contributed by atoms with Gasteiger partial charge in [-0.1, -0.05) is 18.2 Å². The molecule has 0 aliphatic heterocycles. The zero-order valence-corrected chi connectivity index (χ0v) is 9.79. The van der Waals surface area contributed by atoms with Gasteiger partial charge in [-0.3, -0.25) is 4.98 Å². The molecule has 0 saturated heterocycles. The third kappa shape index (κ3) is 1.48. The monoisotopic (exact) mass is 225 g/mol. The highest BCUT2D eigenvalue weighted by atomic mass is 19.1. The van der Waals surface area contributed by atoms with Crippen LogP contribution in [0.25, 0.3) is 21.7 Å². The Bertz CT molecular complexity index is 732. The first-order chi connectivity index (χ1) is 8.16. The molecule has 0 amide bonds. The number of benzene rings is 2. The van der Waals surface area contributed by atoms with Crippen LogP contribution in [0.1, 0.15) is 11.3 Å². The summed E-state index contributed by atoms with van der Waals surface area (Å²) in [5.74, 6) is -0.134. The van der Waals surface area contributed by atoms with Crippen LogP contribution in [-0.2, 0) is 0 Å². The molecular formula is C15H12FN. The molecule has 84 valence electrons. The van der Waals surface area contributed by atoms with E-state index in [9.17, 15) is 4.39 Å². The molecule has 1 heterocycles. The van der Waals surface area contributed by atoms with Crippen molar-refractivity contribution in [2.75, 3.05) is 0 Å². The van der Waals surface area contributed by atoms with Crippen LogP contribution >= 0.6 is 0 Å². The lowest BCUT2D eigenvalue weighted by Crippen LogP contribution is -1.88. The highest BCUT2D eigenvalue weighted by molar-refractivity contribution is 6.06. The standard InChI is InChI=1S/C15H12FN/c1-9-3-5-11-12-6-4-10(2)17-14(12)8-7-13(11)15(9)16/h3-8H,1-2H3. The highest BCUT2D eigenvalue weighted by Gasteiger charge is 2.07. The molecule has 1 nitrogen and oxygen atoms in total. The van der Waals surface area contributed by atoms with Crippen molar-refractivity contribution in [2.45, 2.75) is 13.8 Å². The van der Waals surface area contributed by atoms with Crippen LogP contribution in [-0.4, -0.2) is 4.98 Å². The number of nitrogens with zero attached hydrogens (tertiary/aromatic N) is 1. The molecule has 0 aliphatic rings. The second-order valence-electron chi connectivity index (χ2n) is 4.38. The van der Waals surface area contributed by atoms with Crippen molar-refractivity contribution in [3.8, 4) is 0 Å². The second kappa shape index (κ2) is 3.52. The fourth-order valence-electron chi connectivity index (χ4n) is 2.19. The number of aryl methyl sites for hydroxylation is 2. The Morgan fingerprint density at radius 1 is 0.824 bits per heavy atom. The SMILES string of the molecule is Cc1ccc2c(ccc3c(F)c(C)ccc32)n1. The van der Waals surface area contributed by atoms with E-state index in [1.54, 1.807) is 6.92 Å². The molecule has 2 heteroatoms. The van der Waals surface area contributed by atoms with Crippen molar-refractivity contribution in [3.63, 3.8) is 0 Å². The summed E-state index contributed by atoms with van der Waals surface area (Å²) in [6, 6.07) is 11.4. The third-order valence-electron chi connectivity index (χ3n) is 3.13. The molecule has 0 spiro atoms. The fraction of sp³-hybridized carbons (Fsp3) is 0.133. The van der Waals surface area contributed by atoms with Gasteiger partial charge in [0.05, 0.1) is 5.52 Å². The van der Waals surface area contributed by atoms with Crippen molar-refractivity contribution in [3.05, 3.63) is 53.5 Å². The summed E-state index contributed by atoms with van der Waals surface area (Å²) in [6.45, 7) is 3.74. The van der Waals surface area contributed by atoms with Crippen molar-refractivity contribution in [2.24, 2.45) is 0 Å². The van der Waals surface area contributed by atoms with Crippen molar-refractivity contribution in [1.29, 1.82) is 0 Å². The number of pyridine rings is 1. The van der Waals surface area contributed by atoms with Gasteiger partial charge in [0.1, 0.15) is 5.82 Å². The molecule has 0 bridgehead atoms. The molecule has 0 N–H and O–H groups in total. The summed E-state index contributed by atoms with van der Waals surface area (Å²) in [7, 11) is 0. The van der Waals surface area contributed by atoms with Gasteiger partial charge in [0.15, 0.2) is 0 Å². The van der Waals surface area contributed by atoms with Crippen LogP contribution in [0.5, 0.6) is 0 Å². The number of aromatic nitrogens is 1. The van der Waals surface area contributed by atoms with Gasteiger partial charge in [-0.05, 0) is 43.0 Å². The topological polar surface area (TPSA) is 12.9 Å². The van der Waals surface area contributed by atoms with E-state index in [0.717, 1.165) is 22.0 Å². The van der Waals surface area contributed by atoms with Gasteiger partial charge in [0, 0.05) is 16.5 Å². The predicted octanol–water partition coefficient (Wildman–Crippen LogP) is 4.14. The fourth-order valence-corrected chi connectivity index (χ4v) is 2.19. The van der Waals surface area contributed by atoms with Crippen LogP contribution in [0, 0.1) is 19.7 Å². The Morgan fingerprint density at radius 2 is 1.53 bits per heavy atom. The normalized spacial score (nSPS) is 11.2. The molecule has 0 radical (unpaired) electrons. The van der Waals surface area contributed by atoms with Crippen LogP contribution in [0.3, 0.4) is 0 Å². The molecule has 0 aliphatic carbocycles. The minimum atomic E-state index is -0.134. The highest BCUT2D eigenvalue weighted by Crippen LogP contribution is 2.27. The smallest absolute Gasteiger partial charge is 0.133 e. The van der Waals surface area contributed by atoms with Crippen molar-refractivity contribution >= 4 is 21.7 Å². The summed E-state index contributed by atoms with van der Waals surface area (Å²) in [5, 5.41) is 2.60. The van der Waals surface area contributed by atoms with Gasteiger partial charge in [0.2, 0.25) is 0 Å². The second-order valence-corrected chi connectivity index (χ2v) is 4.38. The summed E-state index contributed by atoms with van der Waals surface area (Å²) in [5.41, 5.74) is 2.57. The zero-order chi connectivity index (χ0) is 12.0. The maximum absolute atomic E-state index is 14.0. The molecule has 0 saturated carbocycles. The zero-order valence-electron chi connectivity index (χ0n) is 9.79. The summed E-state index contributed by atoms with van der Waals surface area (Å²) in [4.78, 5) is 4.46. The Morgan fingerprint density at radius 3 is 2.35 bits per heavy atom. The Hall–Kier alpha value is -1.96. The van der Waals surface area contributed by atoms with E-state index in [1.165, 1.54) is 0 Å². The molecular weight excluding hydrogens is 213 g/mol. The first-order valence-corrected chi connectivity index (χ1v) is 5.62. The molecule has 3 rings (SSSR count). The quantitative estimate of drug-likeness (QED) is 0.524. The molecule has 2 aromatic carbocycles. The number of rotatable bonds is 0. The van der Waals surface area contributed by atoms with E-state index < -0.39 is 0 Å². The lowest BCUT2D eigenvalue weighted by molar-refractivity contribution is 0.631. The average molecular weight is 225 g/mol. The average Bonchev–Trinajstić information content (AvgIpc) is 2.33. The van der Waals surface area contributed by atoms with Crippen molar-refractivity contribution in [1.82, 2.24) is 4.98 Å². The Kier molecular flexibility index (Phi) is 2.11. The van der Waals surface area contributed by atoms with Gasteiger partial charge in [-0.15, -0.1) is 0 Å². The van der Waals surface area contributed by atoms with E-state index in [4.69, 9.17) is 0 Å². The van der Waals surface area contributed by atoms with Gasteiger partial charge in [-0.25, -0.2) is 4.39 Å². The minimum absolute atomic E-state index is 0.134. The summed E-state index contributed by atoms with van der Waals surface area (Å²) < 4.78 is 14.0. The van der Waals surface area contributed by atoms with E-state index in [0.29, 0.717) is 10.9 Å². The van der Waals surface area contributed by atoms with Crippen LogP contribution < -0.4 is 0 Å². The Balaban J connectivity index is 2.53. The molecule has 0 fully saturated rings. The molecule has 0 unspecified atom stereocenters. The third-order valence-corrected chi connectivity index (χ3v) is 3.13. The number of hydrogen-bond acceptors (Lipinski definition) is 1. The van der Waals surface area contributed by atoms with Gasteiger partial charge in [0.25, 0.3) is 0 Å². The summed E-state index contributed by atoms with van der Waals surface area (Å²) >= 11 is 0. The molecule has 17 heavy (non-hydrogen) atoms. The predicted molar refractivity (Wildman–Crippen MR) is 68.7 cm³/mol. The largest absolute Gasteiger partial charge is 0.253 e. The number of halogens is 1. The Labute approximate surface area is 98.9 Å². The van der Waals surface area contributed by atoms with E-state index in [-0.39, 0.29) is 5.82 Å².